The molecule has 0 unspecified atom stereocenters. The Bertz CT molecular complexity index is 1040. The summed E-state index contributed by atoms with van der Waals surface area (Å²) in [7, 11) is 0. The van der Waals surface area contributed by atoms with Crippen molar-refractivity contribution in [3.05, 3.63) is 64.2 Å². The molecule has 2 aliphatic rings. The lowest BCUT2D eigenvalue weighted by atomic mass is 10.0. The van der Waals surface area contributed by atoms with Crippen molar-refractivity contribution in [1.29, 1.82) is 0 Å². The van der Waals surface area contributed by atoms with Gasteiger partial charge in [-0.25, -0.2) is 0 Å². The molecule has 0 spiro atoms. The molecule has 2 amide bonds. The van der Waals surface area contributed by atoms with Gasteiger partial charge in [0.05, 0.1) is 16.8 Å². The van der Waals surface area contributed by atoms with Crippen molar-refractivity contribution < 1.29 is 22.8 Å². The molecule has 33 heavy (non-hydrogen) atoms. The van der Waals surface area contributed by atoms with Crippen LogP contribution in [-0.4, -0.2) is 42.4 Å². The molecule has 0 aliphatic carbocycles. The standard InChI is InChI=1S/C24H25ClF3N3O2/c25-18-6-7-20(21(14-18)31-10-2-5-22(31)32)23(33)29-19-8-11-30(12-9-19)15-16-3-1-4-17(13-16)24(26,27)28/h1,3-4,6-7,13-14,19H,2,5,8-12,15H2,(H,29,33). The molecule has 0 aromatic heterocycles. The van der Waals surface area contributed by atoms with Gasteiger partial charge < -0.3 is 10.2 Å². The molecule has 2 aromatic carbocycles. The van der Waals surface area contributed by atoms with Gasteiger partial charge in [-0.15, -0.1) is 0 Å². The van der Waals surface area contributed by atoms with Crippen molar-refractivity contribution in [3.63, 3.8) is 0 Å². The van der Waals surface area contributed by atoms with Gasteiger partial charge >= 0.3 is 6.18 Å². The van der Waals surface area contributed by atoms with Crippen molar-refractivity contribution in [2.24, 2.45) is 0 Å². The Balaban J connectivity index is 1.35. The van der Waals surface area contributed by atoms with E-state index in [0.29, 0.717) is 67.3 Å². The van der Waals surface area contributed by atoms with Crippen LogP contribution in [0.15, 0.2) is 42.5 Å². The first-order chi connectivity index (χ1) is 15.7. The average Bonchev–Trinajstić information content (AvgIpc) is 3.20. The van der Waals surface area contributed by atoms with Gasteiger partial charge in [0.15, 0.2) is 0 Å². The first-order valence-corrected chi connectivity index (χ1v) is 11.4. The maximum atomic E-state index is 13.0. The molecule has 1 N–H and O–H groups in total. The minimum Gasteiger partial charge on any atom is -0.349 e. The summed E-state index contributed by atoms with van der Waals surface area (Å²) in [5.41, 5.74) is 0.927. The molecule has 2 fully saturated rings. The summed E-state index contributed by atoms with van der Waals surface area (Å²) in [6.45, 7) is 2.33. The van der Waals surface area contributed by atoms with Crippen molar-refractivity contribution in [2.45, 2.75) is 44.4 Å². The van der Waals surface area contributed by atoms with Crippen LogP contribution in [0.2, 0.25) is 5.02 Å². The predicted molar refractivity (Wildman–Crippen MR) is 120 cm³/mol. The molecule has 0 radical (unpaired) electrons. The lowest BCUT2D eigenvalue weighted by Crippen LogP contribution is -2.44. The number of alkyl halides is 3. The Labute approximate surface area is 195 Å². The molecule has 2 saturated heterocycles. The number of rotatable bonds is 5. The maximum Gasteiger partial charge on any atom is 0.416 e. The second-order valence-electron chi connectivity index (χ2n) is 8.53. The van der Waals surface area contributed by atoms with Crippen LogP contribution in [-0.2, 0) is 17.5 Å². The summed E-state index contributed by atoms with van der Waals surface area (Å²) in [6, 6.07) is 10.3. The number of carbonyl (C=O) groups excluding carboxylic acids is 2. The summed E-state index contributed by atoms with van der Waals surface area (Å²) in [5, 5.41) is 3.51. The number of piperidine rings is 1. The highest BCUT2D eigenvalue weighted by atomic mass is 35.5. The van der Waals surface area contributed by atoms with E-state index in [9.17, 15) is 22.8 Å². The molecule has 2 heterocycles. The van der Waals surface area contributed by atoms with Crippen molar-refractivity contribution in [1.82, 2.24) is 10.2 Å². The van der Waals surface area contributed by atoms with Crippen molar-refractivity contribution >= 4 is 29.1 Å². The molecular weight excluding hydrogens is 455 g/mol. The number of hydrogen-bond acceptors (Lipinski definition) is 3. The number of halogens is 4. The average molecular weight is 480 g/mol. The second kappa shape index (κ2) is 9.73. The fourth-order valence-electron chi connectivity index (χ4n) is 4.43. The van der Waals surface area contributed by atoms with E-state index in [0.717, 1.165) is 12.5 Å². The highest BCUT2D eigenvalue weighted by Gasteiger charge is 2.31. The van der Waals surface area contributed by atoms with Crippen LogP contribution in [0, 0.1) is 0 Å². The number of nitrogens with zero attached hydrogens (tertiary/aromatic N) is 2. The van der Waals surface area contributed by atoms with E-state index in [2.05, 4.69) is 10.2 Å². The van der Waals surface area contributed by atoms with E-state index in [1.165, 1.54) is 12.1 Å². The van der Waals surface area contributed by atoms with Gasteiger partial charge in [0.1, 0.15) is 0 Å². The van der Waals surface area contributed by atoms with Crippen molar-refractivity contribution in [3.8, 4) is 0 Å². The second-order valence-corrected chi connectivity index (χ2v) is 8.97. The van der Waals surface area contributed by atoms with Gasteiger partial charge in [-0.05, 0) is 49.1 Å². The molecule has 0 atom stereocenters. The van der Waals surface area contributed by atoms with Gasteiger partial charge in [-0.2, -0.15) is 13.2 Å². The molecule has 5 nitrogen and oxygen atoms in total. The zero-order chi connectivity index (χ0) is 23.6. The number of likely N-dealkylation sites (tertiary alicyclic amines) is 1. The van der Waals surface area contributed by atoms with Crippen LogP contribution >= 0.6 is 11.6 Å². The SMILES string of the molecule is O=C(NC1CCN(Cc2cccc(C(F)(F)F)c2)CC1)c1ccc(Cl)cc1N1CCCC1=O. The molecule has 0 saturated carbocycles. The smallest absolute Gasteiger partial charge is 0.349 e. The van der Waals surface area contributed by atoms with Crippen LogP contribution in [0.1, 0.15) is 47.2 Å². The summed E-state index contributed by atoms with van der Waals surface area (Å²) in [6.07, 6.45) is -1.77. The van der Waals surface area contributed by atoms with E-state index in [-0.39, 0.29) is 17.9 Å². The van der Waals surface area contributed by atoms with Gasteiger partial charge in [-0.3, -0.25) is 14.5 Å². The van der Waals surface area contributed by atoms with E-state index >= 15 is 0 Å². The molecular formula is C24H25ClF3N3O2. The monoisotopic (exact) mass is 479 g/mol. The Morgan fingerprint density at radius 2 is 1.85 bits per heavy atom. The molecule has 2 aliphatic heterocycles. The summed E-state index contributed by atoms with van der Waals surface area (Å²) in [5.74, 6) is -0.271. The summed E-state index contributed by atoms with van der Waals surface area (Å²) < 4.78 is 38.8. The largest absolute Gasteiger partial charge is 0.416 e. The Morgan fingerprint density at radius 1 is 1.09 bits per heavy atom. The van der Waals surface area contributed by atoms with Gasteiger partial charge in [-0.1, -0.05) is 29.8 Å². The number of nitrogens with one attached hydrogen (secondary N) is 1. The molecule has 2 aromatic rings. The van der Waals surface area contributed by atoms with E-state index in [1.54, 1.807) is 29.2 Å². The highest BCUT2D eigenvalue weighted by molar-refractivity contribution is 6.31. The van der Waals surface area contributed by atoms with Crippen LogP contribution in [0.3, 0.4) is 0 Å². The normalized spacial score (nSPS) is 18.1. The topological polar surface area (TPSA) is 52.7 Å². The van der Waals surface area contributed by atoms with E-state index in [1.807, 2.05) is 0 Å². The van der Waals surface area contributed by atoms with E-state index in [4.69, 9.17) is 11.6 Å². The Morgan fingerprint density at radius 3 is 2.52 bits per heavy atom. The zero-order valence-electron chi connectivity index (χ0n) is 18.0. The third-order valence-corrected chi connectivity index (χ3v) is 6.39. The van der Waals surface area contributed by atoms with Gasteiger partial charge in [0.25, 0.3) is 5.91 Å². The quantitative estimate of drug-likeness (QED) is 0.665. The first-order valence-electron chi connectivity index (χ1n) is 11.0. The number of benzene rings is 2. The third kappa shape index (κ3) is 5.68. The lowest BCUT2D eigenvalue weighted by molar-refractivity contribution is -0.137. The third-order valence-electron chi connectivity index (χ3n) is 6.15. The minimum atomic E-state index is -4.35. The van der Waals surface area contributed by atoms with Crippen LogP contribution in [0.5, 0.6) is 0 Å². The Hall–Kier alpha value is -2.58. The van der Waals surface area contributed by atoms with Gasteiger partial charge in [0, 0.05) is 43.7 Å². The number of carbonyl (C=O) groups is 2. The number of hydrogen-bond donors (Lipinski definition) is 1. The van der Waals surface area contributed by atoms with Crippen LogP contribution in [0.25, 0.3) is 0 Å². The zero-order valence-corrected chi connectivity index (χ0v) is 18.8. The molecule has 4 rings (SSSR count). The first kappa shape index (κ1) is 23.6. The summed E-state index contributed by atoms with van der Waals surface area (Å²) >= 11 is 6.12. The lowest BCUT2D eigenvalue weighted by Gasteiger charge is -2.32. The summed E-state index contributed by atoms with van der Waals surface area (Å²) in [4.78, 5) is 28.9. The molecule has 0 bridgehead atoms. The molecule has 176 valence electrons. The van der Waals surface area contributed by atoms with Crippen LogP contribution < -0.4 is 10.2 Å². The fraction of sp³-hybridized carbons (Fsp3) is 0.417. The molecule has 9 heteroatoms. The fourth-order valence-corrected chi connectivity index (χ4v) is 4.59. The predicted octanol–water partition coefficient (Wildman–Crippen LogP) is 4.88. The minimum absolute atomic E-state index is 0.0192. The number of amides is 2. The van der Waals surface area contributed by atoms with Gasteiger partial charge in [0.2, 0.25) is 5.91 Å². The van der Waals surface area contributed by atoms with Crippen LogP contribution in [0.4, 0.5) is 18.9 Å². The number of anilines is 1. The maximum absolute atomic E-state index is 13.0. The highest BCUT2D eigenvalue weighted by Crippen LogP contribution is 2.31. The van der Waals surface area contributed by atoms with Crippen molar-refractivity contribution in [2.75, 3.05) is 24.5 Å². The van der Waals surface area contributed by atoms with E-state index < -0.39 is 11.7 Å². The Kier molecular flexibility index (Phi) is 6.95.